The minimum absolute atomic E-state index is 0.0741. The number of nitrogens with zero attached hydrogens (tertiary/aromatic N) is 2. The summed E-state index contributed by atoms with van der Waals surface area (Å²) in [7, 11) is 0. The second kappa shape index (κ2) is 3.71. The zero-order valence-corrected chi connectivity index (χ0v) is 11.0. The molecule has 0 unspecified atom stereocenters. The van der Waals surface area contributed by atoms with Crippen LogP contribution in [-0.4, -0.2) is 19.9 Å². The van der Waals surface area contributed by atoms with Gasteiger partial charge in [-0.25, -0.2) is 4.98 Å². The average molecular weight is 262 g/mol. The SMILES string of the molecule is CC1(C)[C]N=C(c2nc3ccc(O)cc3s2)S1. The number of thioether (sulfide) groups is 1. The fourth-order valence-corrected chi connectivity index (χ4v) is 3.50. The quantitative estimate of drug-likeness (QED) is 0.857. The Morgan fingerprint density at radius 3 is 2.88 bits per heavy atom. The summed E-state index contributed by atoms with van der Waals surface area (Å²) < 4.78 is 0.906. The van der Waals surface area contributed by atoms with E-state index in [4.69, 9.17) is 0 Å². The Morgan fingerprint density at radius 1 is 1.35 bits per heavy atom. The van der Waals surface area contributed by atoms with Crippen LogP contribution in [0.25, 0.3) is 10.2 Å². The number of benzene rings is 1. The van der Waals surface area contributed by atoms with Crippen molar-refractivity contribution in [1.82, 2.24) is 4.98 Å². The van der Waals surface area contributed by atoms with Crippen molar-refractivity contribution in [3.63, 3.8) is 0 Å². The van der Waals surface area contributed by atoms with Gasteiger partial charge in [0.1, 0.15) is 22.3 Å². The van der Waals surface area contributed by atoms with E-state index in [0.29, 0.717) is 0 Å². The topological polar surface area (TPSA) is 45.5 Å². The van der Waals surface area contributed by atoms with E-state index >= 15 is 0 Å². The Hall–Kier alpha value is -1.07. The maximum Gasteiger partial charge on any atom is 0.149 e. The van der Waals surface area contributed by atoms with E-state index in [-0.39, 0.29) is 10.5 Å². The number of phenols is 1. The van der Waals surface area contributed by atoms with Crippen LogP contribution < -0.4 is 0 Å². The monoisotopic (exact) mass is 262 g/mol. The third-order valence-corrected chi connectivity index (χ3v) is 4.57. The maximum atomic E-state index is 9.42. The smallest absolute Gasteiger partial charge is 0.149 e. The van der Waals surface area contributed by atoms with Gasteiger partial charge in [-0.2, -0.15) is 0 Å². The highest BCUT2D eigenvalue weighted by molar-refractivity contribution is 8.16. The van der Waals surface area contributed by atoms with Gasteiger partial charge in [0.25, 0.3) is 0 Å². The Balaban J connectivity index is 2.02. The van der Waals surface area contributed by atoms with Crippen molar-refractivity contribution in [1.29, 1.82) is 0 Å². The van der Waals surface area contributed by atoms with Gasteiger partial charge in [-0.1, -0.05) is 11.8 Å². The Bertz CT molecular complexity index is 616. The highest BCUT2D eigenvalue weighted by Gasteiger charge is 2.30. The van der Waals surface area contributed by atoms with Crippen LogP contribution in [0, 0.1) is 6.54 Å². The lowest BCUT2D eigenvalue weighted by molar-refractivity contribution is 0.476. The number of aliphatic imine (C=N–C) groups is 1. The Labute approximate surface area is 108 Å². The number of rotatable bonds is 1. The molecule has 1 aliphatic rings. The number of hydrogen-bond acceptors (Lipinski definition) is 5. The van der Waals surface area contributed by atoms with Gasteiger partial charge >= 0.3 is 0 Å². The lowest BCUT2D eigenvalue weighted by atomic mass is 10.2. The second-order valence-corrected chi connectivity index (χ2v) is 6.95. The summed E-state index contributed by atoms with van der Waals surface area (Å²) in [4.78, 5) is 8.81. The summed E-state index contributed by atoms with van der Waals surface area (Å²) >= 11 is 3.21. The highest BCUT2D eigenvalue weighted by atomic mass is 32.2. The molecule has 0 saturated heterocycles. The van der Waals surface area contributed by atoms with Gasteiger partial charge in [0.15, 0.2) is 0 Å². The molecule has 86 valence electrons. The third-order valence-electron chi connectivity index (χ3n) is 2.33. The van der Waals surface area contributed by atoms with E-state index in [1.807, 2.05) is 6.07 Å². The summed E-state index contributed by atoms with van der Waals surface area (Å²) in [5.74, 6) is 0.271. The Morgan fingerprint density at radius 2 is 2.18 bits per heavy atom. The van der Waals surface area contributed by atoms with Crippen molar-refractivity contribution in [2.75, 3.05) is 0 Å². The number of phenolic OH excluding ortho intramolecular Hbond substituents is 1. The van der Waals surface area contributed by atoms with E-state index in [9.17, 15) is 5.11 Å². The van der Waals surface area contributed by atoms with Gasteiger partial charge in [0.2, 0.25) is 0 Å². The number of hydrogen-bond donors (Lipinski definition) is 1. The maximum absolute atomic E-state index is 9.42. The zero-order chi connectivity index (χ0) is 12.0. The van der Waals surface area contributed by atoms with Crippen LogP contribution in [0.15, 0.2) is 23.2 Å². The van der Waals surface area contributed by atoms with Gasteiger partial charge in [-0.15, -0.1) is 11.3 Å². The molecule has 1 aromatic heterocycles. The van der Waals surface area contributed by atoms with Crippen molar-refractivity contribution in [3.05, 3.63) is 29.8 Å². The first-order chi connectivity index (χ1) is 8.03. The molecule has 3 rings (SSSR count). The molecule has 17 heavy (non-hydrogen) atoms. The van der Waals surface area contributed by atoms with Gasteiger partial charge in [0, 0.05) is 4.75 Å². The molecular formula is C12H10N2OS2. The molecule has 0 saturated carbocycles. The fourth-order valence-electron chi connectivity index (χ4n) is 1.57. The minimum Gasteiger partial charge on any atom is -0.508 e. The molecule has 5 heteroatoms. The average Bonchev–Trinajstić information content (AvgIpc) is 2.80. The van der Waals surface area contributed by atoms with Gasteiger partial charge in [-0.05, 0) is 32.0 Å². The fraction of sp³-hybridized carbons (Fsp3) is 0.250. The second-order valence-electron chi connectivity index (χ2n) is 4.31. The number of thiazole rings is 1. The molecule has 0 spiro atoms. The van der Waals surface area contributed by atoms with Crippen molar-refractivity contribution in [3.8, 4) is 5.75 Å². The number of fused-ring (bicyclic) bond motifs is 1. The summed E-state index contributed by atoms with van der Waals surface area (Å²) in [6.45, 7) is 7.22. The first-order valence-electron chi connectivity index (χ1n) is 5.17. The molecule has 2 heterocycles. The normalized spacial score (nSPS) is 18.6. The molecule has 0 bridgehead atoms. The molecule has 1 aromatic carbocycles. The molecular weight excluding hydrogens is 252 g/mol. The van der Waals surface area contributed by atoms with Crippen LogP contribution in [0.5, 0.6) is 5.75 Å². The van der Waals surface area contributed by atoms with Crippen LogP contribution in [0.2, 0.25) is 0 Å². The van der Waals surface area contributed by atoms with Crippen molar-refractivity contribution >= 4 is 38.4 Å². The van der Waals surface area contributed by atoms with Crippen LogP contribution >= 0.6 is 23.1 Å². The van der Waals surface area contributed by atoms with Crippen LogP contribution in [-0.2, 0) is 0 Å². The van der Waals surface area contributed by atoms with E-state index in [1.165, 1.54) is 0 Å². The van der Waals surface area contributed by atoms with Crippen molar-refractivity contribution in [2.24, 2.45) is 4.99 Å². The van der Waals surface area contributed by atoms with Crippen LogP contribution in [0.3, 0.4) is 0 Å². The summed E-state index contributed by atoms with van der Waals surface area (Å²) in [5.41, 5.74) is 0.899. The van der Waals surface area contributed by atoms with Crippen LogP contribution in [0.1, 0.15) is 18.9 Å². The lowest BCUT2D eigenvalue weighted by Crippen LogP contribution is -2.10. The van der Waals surface area contributed by atoms with Crippen molar-refractivity contribution in [2.45, 2.75) is 18.6 Å². The van der Waals surface area contributed by atoms with Gasteiger partial charge < -0.3 is 5.11 Å². The molecule has 3 nitrogen and oxygen atoms in total. The predicted molar refractivity (Wildman–Crippen MR) is 72.7 cm³/mol. The highest BCUT2D eigenvalue weighted by Crippen LogP contribution is 2.39. The van der Waals surface area contributed by atoms with Gasteiger partial charge in [0.05, 0.1) is 10.2 Å². The summed E-state index contributed by atoms with van der Waals surface area (Å²) in [6.07, 6.45) is 0. The van der Waals surface area contributed by atoms with E-state index in [1.54, 1.807) is 35.2 Å². The standard InChI is InChI=1S/C12H10N2OS2/c1-12(2)6-13-10(17-12)11-14-8-4-3-7(15)5-9(8)16-11/h3-5,15H,1-2H3. The molecule has 2 aromatic rings. The molecule has 0 fully saturated rings. The van der Waals surface area contributed by atoms with Crippen LogP contribution in [0.4, 0.5) is 0 Å². The minimum atomic E-state index is -0.0741. The first kappa shape index (κ1) is 11.0. The third kappa shape index (κ3) is 2.05. The summed E-state index contributed by atoms with van der Waals surface area (Å²) in [6, 6.07) is 5.20. The molecule has 2 radical (unpaired) electrons. The van der Waals surface area contributed by atoms with E-state index < -0.39 is 0 Å². The molecule has 0 atom stereocenters. The Kier molecular flexibility index (Phi) is 2.41. The number of aromatic nitrogens is 1. The first-order valence-corrected chi connectivity index (χ1v) is 6.81. The molecule has 1 aliphatic heterocycles. The number of aromatic hydroxyl groups is 1. The largest absolute Gasteiger partial charge is 0.508 e. The summed E-state index contributed by atoms with van der Waals surface area (Å²) in [5, 5.41) is 11.2. The lowest BCUT2D eigenvalue weighted by Gasteiger charge is -2.11. The molecule has 0 amide bonds. The van der Waals surface area contributed by atoms with Gasteiger partial charge in [-0.3, -0.25) is 4.99 Å². The van der Waals surface area contributed by atoms with E-state index in [0.717, 1.165) is 20.3 Å². The molecule has 1 N–H and O–H groups in total. The van der Waals surface area contributed by atoms with Crippen molar-refractivity contribution < 1.29 is 5.11 Å². The molecule has 0 aliphatic carbocycles. The van der Waals surface area contributed by atoms with E-state index in [2.05, 4.69) is 30.4 Å². The zero-order valence-electron chi connectivity index (χ0n) is 9.39. The predicted octanol–water partition coefficient (Wildman–Crippen LogP) is 3.31.